The number of rotatable bonds is 4. The highest BCUT2D eigenvalue weighted by atomic mass is 32.2. The van der Waals surface area contributed by atoms with E-state index in [2.05, 4.69) is 6.92 Å². The molecule has 0 aromatic heterocycles. The Labute approximate surface area is 153 Å². The second-order valence-corrected chi connectivity index (χ2v) is 9.17. The molecule has 2 fully saturated rings. The first-order valence-electron chi connectivity index (χ1n) is 9.00. The molecule has 9 heteroatoms. The van der Waals surface area contributed by atoms with Gasteiger partial charge in [0.05, 0.1) is 15.9 Å². The molecular weight excluding hydrogens is 358 g/mol. The average Bonchev–Trinajstić information content (AvgIpc) is 2.61. The van der Waals surface area contributed by atoms with Gasteiger partial charge in [0, 0.05) is 32.2 Å². The van der Waals surface area contributed by atoms with Crippen LogP contribution in [0.3, 0.4) is 0 Å². The molecule has 2 saturated heterocycles. The Morgan fingerprint density at radius 2 is 1.88 bits per heavy atom. The van der Waals surface area contributed by atoms with Crippen molar-refractivity contribution in [2.75, 3.05) is 31.1 Å². The van der Waals surface area contributed by atoms with E-state index in [9.17, 15) is 23.6 Å². The van der Waals surface area contributed by atoms with Crippen molar-refractivity contribution >= 4 is 21.4 Å². The Hall–Kier alpha value is -1.71. The van der Waals surface area contributed by atoms with Gasteiger partial charge >= 0.3 is 0 Å². The van der Waals surface area contributed by atoms with Crippen LogP contribution in [0.4, 0.5) is 11.4 Å². The van der Waals surface area contributed by atoms with Crippen LogP contribution in [0.2, 0.25) is 0 Å². The van der Waals surface area contributed by atoms with Crippen molar-refractivity contribution in [2.24, 2.45) is 5.92 Å². The molecule has 0 bridgehead atoms. The molecule has 1 N–H and O–H groups in total. The summed E-state index contributed by atoms with van der Waals surface area (Å²) in [6.07, 6.45) is 2.48. The first-order valence-corrected chi connectivity index (χ1v) is 10.4. The predicted octanol–water partition coefficient (Wildman–Crippen LogP) is 1.98. The number of nitrogens with zero attached hydrogens (tertiary/aromatic N) is 3. The molecule has 144 valence electrons. The van der Waals surface area contributed by atoms with Crippen molar-refractivity contribution in [1.82, 2.24) is 4.31 Å². The topological polar surface area (TPSA) is 104 Å². The first kappa shape index (κ1) is 19.1. The van der Waals surface area contributed by atoms with Gasteiger partial charge in [-0.1, -0.05) is 6.92 Å². The summed E-state index contributed by atoms with van der Waals surface area (Å²) in [7, 11) is -3.74. The molecule has 2 aliphatic rings. The maximum Gasteiger partial charge on any atom is 0.293 e. The highest BCUT2D eigenvalue weighted by Gasteiger charge is 2.31. The number of hydrogen-bond acceptors (Lipinski definition) is 6. The van der Waals surface area contributed by atoms with Gasteiger partial charge in [0.1, 0.15) is 5.69 Å². The molecule has 1 aromatic carbocycles. The van der Waals surface area contributed by atoms with Crippen LogP contribution in [0.15, 0.2) is 23.1 Å². The molecule has 3 rings (SSSR count). The highest BCUT2D eigenvalue weighted by molar-refractivity contribution is 7.89. The number of nitro groups is 1. The molecular formula is C17H25N3O5S. The van der Waals surface area contributed by atoms with E-state index in [1.54, 1.807) is 4.90 Å². The zero-order chi connectivity index (χ0) is 18.9. The third-order valence-electron chi connectivity index (χ3n) is 5.26. The van der Waals surface area contributed by atoms with Gasteiger partial charge in [0.2, 0.25) is 10.0 Å². The monoisotopic (exact) mass is 383 g/mol. The maximum absolute atomic E-state index is 12.9. The van der Waals surface area contributed by atoms with E-state index in [0.717, 1.165) is 25.3 Å². The zero-order valence-electron chi connectivity index (χ0n) is 14.9. The third kappa shape index (κ3) is 3.84. The summed E-state index contributed by atoms with van der Waals surface area (Å²) in [6.45, 7) is 3.90. The van der Waals surface area contributed by atoms with Gasteiger partial charge in [-0.3, -0.25) is 10.1 Å². The molecule has 0 amide bonds. The number of hydrogen-bond donors (Lipinski definition) is 1. The average molecular weight is 383 g/mol. The molecule has 0 unspecified atom stereocenters. The molecule has 0 aliphatic carbocycles. The Bertz CT molecular complexity index is 775. The van der Waals surface area contributed by atoms with E-state index in [-0.39, 0.29) is 10.6 Å². The van der Waals surface area contributed by atoms with Gasteiger partial charge in [-0.2, -0.15) is 4.31 Å². The van der Waals surface area contributed by atoms with Crippen LogP contribution in [0, 0.1) is 16.0 Å². The van der Waals surface area contributed by atoms with E-state index in [4.69, 9.17) is 0 Å². The minimum atomic E-state index is -3.74. The number of β-amino-alcohol motifs (C(OH)–C–C–N with tert-alkyl or cyclic N) is 1. The minimum Gasteiger partial charge on any atom is -0.391 e. The summed E-state index contributed by atoms with van der Waals surface area (Å²) in [5.74, 6) is 0.490. The van der Waals surface area contributed by atoms with Crippen LogP contribution >= 0.6 is 0 Å². The standard InChI is InChI=1S/C17H25N3O5S/c1-13-6-9-19(10-7-13)26(24,25)15-4-5-16(17(11-15)20(22)23)18-8-2-3-14(21)12-18/h4-5,11,13-14,21H,2-3,6-10,12H2,1H3/t14-/m0/s1. The molecule has 0 radical (unpaired) electrons. The van der Waals surface area contributed by atoms with Crippen LogP contribution in [0.1, 0.15) is 32.6 Å². The Kier molecular flexibility index (Phi) is 5.50. The van der Waals surface area contributed by atoms with Crippen LogP contribution in [0.5, 0.6) is 0 Å². The summed E-state index contributed by atoms with van der Waals surface area (Å²) in [4.78, 5) is 12.7. The second-order valence-electron chi connectivity index (χ2n) is 7.24. The lowest BCUT2D eigenvalue weighted by molar-refractivity contribution is -0.384. The van der Waals surface area contributed by atoms with Crippen LogP contribution < -0.4 is 4.90 Å². The lowest BCUT2D eigenvalue weighted by Gasteiger charge is -2.32. The molecule has 1 atom stereocenters. The third-order valence-corrected chi connectivity index (χ3v) is 7.16. The van der Waals surface area contributed by atoms with E-state index in [1.807, 2.05) is 0 Å². The number of benzene rings is 1. The second kappa shape index (κ2) is 7.50. The predicted molar refractivity (Wildman–Crippen MR) is 97.7 cm³/mol. The normalized spacial score (nSPS) is 23.2. The SMILES string of the molecule is CC1CCN(S(=O)(=O)c2ccc(N3CCC[C@H](O)C3)c([N+](=O)[O-])c2)CC1. The number of anilines is 1. The Morgan fingerprint density at radius 3 is 2.50 bits per heavy atom. The van der Waals surface area contributed by atoms with Crippen molar-refractivity contribution in [3.63, 3.8) is 0 Å². The number of aliphatic hydroxyl groups excluding tert-OH is 1. The van der Waals surface area contributed by atoms with Crippen LogP contribution in [-0.2, 0) is 10.0 Å². The largest absolute Gasteiger partial charge is 0.391 e. The molecule has 26 heavy (non-hydrogen) atoms. The lowest BCUT2D eigenvalue weighted by atomic mass is 10.0. The molecule has 2 aliphatic heterocycles. The van der Waals surface area contributed by atoms with Crippen LogP contribution in [-0.4, -0.2) is 55.0 Å². The summed E-state index contributed by atoms with van der Waals surface area (Å²) in [5, 5.41) is 21.4. The quantitative estimate of drug-likeness (QED) is 0.630. The van der Waals surface area contributed by atoms with Crippen molar-refractivity contribution in [3.8, 4) is 0 Å². The fourth-order valence-corrected chi connectivity index (χ4v) is 5.12. The highest BCUT2D eigenvalue weighted by Crippen LogP contribution is 2.34. The van der Waals surface area contributed by atoms with Crippen molar-refractivity contribution in [1.29, 1.82) is 0 Å². The van der Waals surface area contributed by atoms with E-state index < -0.39 is 21.1 Å². The fourth-order valence-electron chi connectivity index (χ4n) is 3.63. The fraction of sp³-hybridized carbons (Fsp3) is 0.647. The van der Waals surface area contributed by atoms with Gasteiger partial charge in [-0.05, 0) is 43.7 Å². The van der Waals surface area contributed by atoms with Crippen LogP contribution in [0.25, 0.3) is 0 Å². The molecule has 0 spiro atoms. The summed E-state index contributed by atoms with van der Waals surface area (Å²) < 4.78 is 27.1. The summed E-state index contributed by atoms with van der Waals surface area (Å²) >= 11 is 0. The van der Waals surface area contributed by atoms with Gasteiger partial charge in [0.25, 0.3) is 5.69 Å². The number of piperidine rings is 2. The van der Waals surface area contributed by atoms with E-state index in [0.29, 0.717) is 44.2 Å². The van der Waals surface area contributed by atoms with Crippen molar-refractivity contribution in [2.45, 2.75) is 43.6 Å². The first-order chi connectivity index (χ1) is 12.3. The van der Waals surface area contributed by atoms with Crippen molar-refractivity contribution in [3.05, 3.63) is 28.3 Å². The molecule has 1 aromatic rings. The Balaban J connectivity index is 1.92. The van der Waals surface area contributed by atoms with Gasteiger partial charge in [-0.25, -0.2) is 8.42 Å². The van der Waals surface area contributed by atoms with Crippen molar-refractivity contribution < 1.29 is 18.4 Å². The zero-order valence-corrected chi connectivity index (χ0v) is 15.7. The van der Waals surface area contributed by atoms with Gasteiger partial charge in [0.15, 0.2) is 0 Å². The minimum absolute atomic E-state index is 0.0416. The molecule has 2 heterocycles. The Morgan fingerprint density at radius 1 is 1.19 bits per heavy atom. The van der Waals surface area contributed by atoms with E-state index in [1.165, 1.54) is 16.4 Å². The number of aliphatic hydroxyl groups is 1. The van der Waals surface area contributed by atoms with E-state index >= 15 is 0 Å². The summed E-state index contributed by atoms with van der Waals surface area (Å²) in [6, 6.07) is 4.09. The number of sulfonamides is 1. The maximum atomic E-state index is 12.9. The van der Waals surface area contributed by atoms with Gasteiger partial charge in [-0.15, -0.1) is 0 Å². The summed E-state index contributed by atoms with van der Waals surface area (Å²) in [5.41, 5.74) is 0.130. The number of nitro benzene ring substituents is 1. The molecule has 8 nitrogen and oxygen atoms in total. The van der Waals surface area contributed by atoms with Gasteiger partial charge < -0.3 is 10.0 Å². The smallest absolute Gasteiger partial charge is 0.293 e. The molecule has 0 saturated carbocycles. The lowest BCUT2D eigenvalue weighted by Crippen LogP contribution is -2.39.